The first-order valence-electron chi connectivity index (χ1n) is 3.72. The summed E-state index contributed by atoms with van der Waals surface area (Å²) >= 11 is 3.21. The van der Waals surface area contributed by atoms with E-state index in [0.29, 0.717) is 10.2 Å². The molecular formula is C9H10BrFO2. The van der Waals surface area contributed by atoms with Gasteiger partial charge in [0.25, 0.3) is 0 Å². The molecule has 0 unspecified atom stereocenters. The minimum absolute atomic E-state index is 0.158. The predicted octanol–water partition coefficient (Wildman–Crippen LogP) is 2.88. The molecule has 0 N–H and O–H groups in total. The maximum atomic E-state index is 12.8. The summed E-state index contributed by atoms with van der Waals surface area (Å²) in [7, 11) is 1.53. The fraction of sp³-hybridized carbons (Fsp3) is 0.333. The molecule has 0 fully saturated rings. The molecule has 0 radical (unpaired) electrons. The Kier molecular flexibility index (Phi) is 3.69. The molecule has 13 heavy (non-hydrogen) atoms. The van der Waals surface area contributed by atoms with Gasteiger partial charge in [0.05, 0.1) is 4.47 Å². The maximum Gasteiger partial charge on any atom is 0.188 e. The van der Waals surface area contributed by atoms with Crippen LogP contribution in [0.25, 0.3) is 0 Å². The largest absolute Gasteiger partial charge is 0.466 e. The van der Waals surface area contributed by atoms with Crippen molar-refractivity contribution in [2.75, 3.05) is 13.9 Å². The van der Waals surface area contributed by atoms with Crippen LogP contribution in [0.3, 0.4) is 0 Å². The quantitative estimate of drug-likeness (QED) is 0.767. The van der Waals surface area contributed by atoms with Crippen LogP contribution in [0.2, 0.25) is 0 Å². The standard InChI is InChI=1S/C9H10BrFO2/c1-6-3-7(11)4-8(10)9(6)13-5-12-2/h3-4H,5H2,1-2H3. The molecule has 0 bridgehead atoms. The van der Waals surface area contributed by atoms with Crippen molar-refractivity contribution in [1.29, 1.82) is 0 Å². The molecule has 0 aliphatic heterocycles. The highest BCUT2D eigenvalue weighted by Gasteiger charge is 2.06. The number of methoxy groups -OCH3 is 1. The molecule has 0 aliphatic carbocycles. The second-order valence-electron chi connectivity index (χ2n) is 2.58. The Morgan fingerprint density at radius 2 is 2.15 bits per heavy atom. The van der Waals surface area contributed by atoms with Crippen molar-refractivity contribution in [3.63, 3.8) is 0 Å². The van der Waals surface area contributed by atoms with E-state index in [0.717, 1.165) is 5.56 Å². The summed E-state index contributed by atoms with van der Waals surface area (Å²) in [5.41, 5.74) is 0.740. The van der Waals surface area contributed by atoms with Crippen LogP contribution in [-0.2, 0) is 4.74 Å². The van der Waals surface area contributed by atoms with E-state index >= 15 is 0 Å². The first-order chi connectivity index (χ1) is 6.15. The highest BCUT2D eigenvalue weighted by Crippen LogP contribution is 2.29. The molecule has 2 nitrogen and oxygen atoms in total. The van der Waals surface area contributed by atoms with E-state index in [-0.39, 0.29) is 12.6 Å². The van der Waals surface area contributed by atoms with Gasteiger partial charge in [0.15, 0.2) is 6.79 Å². The number of rotatable bonds is 3. The first-order valence-corrected chi connectivity index (χ1v) is 4.52. The Bertz CT molecular complexity index is 279. The third-order valence-electron chi connectivity index (χ3n) is 1.52. The van der Waals surface area contributed by atoms with Gasteiger partial charge in [0.2, 0.25) is 0 Å². The van der Waals surface area contributed by atoms with Gasteiger partial charge in [-0.1, -0.05) is 0 Å². The van der Waals surface area contributed by atoms with E-state index in [1.807, 2.05) is 0 Å². The Morgan fingerprint density at radius 3 is 2.69 bits per heavy atom. The Morgan fingerprint density at radius 1 is 1.46 bits per heavy atom. The summed E-state index contributed by atoms with van der Waals surface area (Å²) in [5.74, 6) is 0.331. The van der Waals surface area contributed by atoms with Crippen LogP contribution in [0, 0.1) is 12.7 Å². The SMILES string of the molecule is COCOc1c(C)cc(F)cc1Br. The van der Waals surface area contributed by atoms with Gasteiger partial charge in [0, 0.05) is 7.11 Å². The number of hydrogen-bond donors (Lipinski definition) is 0. The second-order valence-corrected chi connectivity index (χ2v) is 3.44. The molecule has 72 valence electrons. The minimum atomic E-state index is -0.283. The highest BCUT2D eigenvalue weighted by molar-refractivity contribution is 9.10. The van der Waals surface area contributed by atoms with E-state index in [9.17, 15) is 4.39 Å². The van der Waals surface area contributed by atoms with Crippen molar-refractivity contribution < 1.29 is 13.9 Å². The van der Waals surface area contributed by atoms with Crippen molar-refractivity contribution in [2.45, 2.75) is 6.92 Å². The fourth-order valence-electron chi connectivity index (χ4n) is 0.990. The van der Waals surface area contributed by atoms with Gasteiger partial charge >= 0.3 is 0 Å². The lowest BCUT2D eigenvalue weighted by Gasteiger charge is -2.09. The zero-order valence-electron chi connectivity index (χ0n) is 7.43. The molecular weight excluding hydrogens is 239 g/mol. The summed E-state index contributed by atoms with van der Waals surface area (Å²) in [6, 6.07) is 2.77. The van der Waals surface area contributed by atoms with Gasteiger partial charge < -0.3 is 9.47 Å². The average molecular weight is 249 g/mol. The minimum Gasteiger partial charge on any atom is -0.466 e. The zero-order valence-corrected chi connectivity index (χ0v) is 9.02. The summed E-state index contributed by atoms with van der Waals surface area (Å²) in [6.07, 6.45) is 0. The molecule has 0 amide bonds. The van der Waals surface area contributed by atoms with Gasteiger partial charge in [-0.25, -0.2) is 4.39 Å². The maximum absolute atomic E-state index is 12.8. The average Bonchev–Trinajstić information content (AvgIpc) is 2.02. The molecule has 1 rings (SSSR count). The Balaban J connectivity index is 2.92. The number of benzene rings is 1. The number of ether oxygens (including phenoxy) is 2. The highest BCUT2D eigenvalue weighted by atomic mass is 79.9. The third kappa shape index (κ3) is 2.67. The van der Waals surface area contributed by atoms with Gasteiger partial charge in [-0.2, -0.15) is 0 Å². The van der Waals surface area contributed by atoms with E-state index in [2.05, 4.69) is 15.9 Å². The molecule has 1 aromatic rings. The number of hydrogen-bond acceptors (Lipinski definition) is 2. The van der Waals surface area contributed by atoms with E-state index in [1.54, 1.807) is 6.92 Å². The number of halogens is 2. The van der Waals surface area contributed by atoms with Crippen molar-refractivity contribution in [3.8, 4) is 5.75 Å². The Labute approximate surface area is 84.8 Å². The van der Waals surface area contributed by atoms with Crippen molar-refractivity contribution >= 4 is 15.9 Å². The molecule has 0 aromatic heterocycles. The van der Waals surface area contributed by atoms with Gasteiger partial charge in [-0.05, 0) is 40.5 Å². The van der Waals surface area contributed by atoms with Crippen LogP contribution in [0.1, 0.15) is 5.56 Å². The van der Waals surface area contributed by atoms with Crippen LogP contribution in [0.5, 0.6) is 5.75 Å². The van der Waals surface area contributed by atoms with Gasteiger partial charge in [-0.15, -0.1) is 0 Å². The third-order valence-corrected chi connectivity index (χ3v) is 2.10. The second kappa shape index (κ2) is 4.58. The van der Waals surface area contributed by atoms with Crippen LogP contribution in [0.4, 0.5) is 4.39 Å². The predicted molar refractivity (Wildman–Crippen MR) is 51.3 cm³/mol. The molecule has 0 saturated heterocycles. The van der Waals surface area contributed by atoms with E-state index in [1.165, 1.54) is 19.2 Å². The smallest absolute Gasteiger partial charge is 0.188 e. The summed E-state index contributed by atoms with van der Waals surface area (Å²) in [6.45, 7) is 1.93. The molecule has 0 atom stereocenters. The normalized spacial score (nSPS) is 10.2. The lowest BCUT2D eigenvalue weighted by Crippen LogP contribution is -2.01. The Hall–Kier alpha value is -0.610. The molecule has 1 aromatic carbocycles. The van der Waals surface area contributed by atoms with Crippen molar-refractivity contribution in [1.82, 2.24) is 0 Å². The van der Waals surface area contributed by atoms with Gasteiger partial charge in [0.1, 0.15) is 11.6 Å². The summed E-state index contributed by atoms with van der Waals surface area (Å²) in [5, 5.41) is 0. The fourth-order valence-corrected chi connectivity index (χ4v) is 1.64. The van der Waals surface area contributed by atoms with Crippen molar-refractivity contribution in [2.24, 2.45) is 0 Å². The molecule has 0 heterocycles. The topological polar surface area (TPSA) is 18.5 Å². The number of aryl methyl sites for hydroxylation is 1. The molecule has 4 heteroatoms. The van der Waals surface area contributed by atoms with Crippen LogP contribution < -0.4 is 4.74 Å². The molecule has 0 spiro atoms. The first kappa shape index (κ1) is 10.5. The van der Waals surface area contributed by atoms with Crippen LogP contribution in [0.15, 0.2) is 16.6 Å². The lowest BCUT2D eigenvalue weighted by atomic mass is 10.2. The van der Waals surface area contributed by atoms with Crippen LogP contribution >= 0.6 is 15.9 Å². The summed E-state index contributed by atoms with van der Waals surface area (Å²) < 4.78 is 23.4. The van der Waals surface area contributed by atoms with Crippen molar-refractivity contribution in [3.05, 3.63) is 28.0 Å². The van der Waals surface area contributed by atoms with E-state index in [4.69, 9.17) is 9.47 Å². The van der Waals surface area contributed by atoms with Gasteiger partial charge in [-0.3, -0.25) is 0 Å². The molecule has 0 aliphatic rings. The van der Waals surface area contributed by atoms with Crippen LogP contribution in [-0.4, -0.2) is 13.9 Å². The summed E-state index contributed by atoms with van der Waals surface area (Å²) in [4.78, 5) is 0. The molecule has 0 saturated carbocycles. The zero-order chi connectivity index (χ0) is 9.84. The monoisotopic (exact) mass is 248 g/mol. The lowest BCUT2D eigenvalue weighted by molar-refractivity contribution is 0.0500. The van der Waals surface area contributed by atoms with E-state index < -0.39 is 0 Å².